The number of ether oxygens (including phenoxy) is 1. The fraction of sp³-hybridized carbons (Fsp3) is 0.929. The monoisotopic (exact) mass is 256 g/mol. The van der Waals surface area contributed by atoms with Gasteiger partial charge in [0, 0.05) is 32.1 Å². The van der Waals surface area contributed by atoms with Gasteiger partial charge in [-0.05, 0) is 27.7 Å². The van der Waals surface area contributed by atoms with Crippen molar-refractivity contribution in [2.24, 2.45) is 0 Å². The molecule has 0 atom stereocenters. The van der Waals surface area contributed by atoms with Gasteiger partial charge in [-0.15, -0.1) is 0 Å². The van der Waals surface area contributed by atoms with E-state index in [9.17, 15) is 4.79 Å². The number of carbonyl (C=O) groups excluding carboxylic acids is 1. The SMILES string of the molecule is CC(C)NCCC(=O)N1CC(C)(C)OC(C)(C)C1. The van der Waals surface area contributed by atoms with Crippen LogP contribution in [0.25, 0.3) is 0 Å². The van der Waals surface area contributed by atoms with Crippen molar-refractivity contribution in [1.82, 2.24) is 10.2 Å². The maximum Gasteiger partial charge on any atom is 0.224 e. The van der Waals surface area contributed by atoms with Crippen molar-refractivity contribution >= 4 is 5.91 Å². The number of carbonyl (C=O) groups is 1. The zero-order valence-electron chi connectivity index (χ0n) is 12.7. The first-order chi connectivity index (χ1) is 8.11. The van der Waals surface area contributed by atoms with Crippen LogP contribution in [0.5, 0.6) is 0 Å². The molecule has 4 heteroatoms. The Kier molecular flexibility index (Phi) is 4.78. The maximum atomic E-state index is 12.2. The average Bonchev–Trinajstić information content (AvgIpc) is 2.11. The van der Waals surface area contributed by atoms with E-state index in [-0.39, 0.29) is 17.1 Å². The van der Waals surface area contributed by atoms with Crippen LogP contribution in [-0.4, -0.2) is 47.7 Å². The van der Waals surface area contributed by atoms with E-state index in [2.05, 4.69) is 19.2 Å². The number of hydrogen-bond acceptors (Lipinski definition) is 3. The Morgan fingerprint density at radius 1 is 1.22 bits per heavy atom. The van der Waals surface area contributed by atoms with Crippen LogP contribution in [0, 0.1) is 0 Å². The van der Waals surface area contributed by atoms with Crippen molar-refractivity contribution in [1.29, 1.82) is 0 Å². The van der Waals surface area contributed by atoms with E-state index in [0.717, 1.165) is 6.54 Å². The van der Waals surface area contributed by atoms with Crippen LogP contribution in [-0.2, 0) is 9.53 Å². The topological polar surface area (TPSA) is 41.6 Å². The first kappa shape index (κ1) is 15.4. The maximum absolute atomic E-state index is 12.2. The molecule has 0 spiro atoms. The van der Waals surface area contributed by atoms with Gasteiger partial charge in [0.2, 0.25) is 5.91 Å². The Labute approximate surface area is 111 Å². The molecule has 0 saturated carbocycles. The molecule has 0 aliphatic carbocycles. The van der Waals surface area contributed by atoms with Gasteiger partial charge in [0.1, 0.15) is 0 Å². The number of rotatable bonds is 4. The van der Waals surface area contributed by atoms with Gasteiger partial charge >= 0.3 is 0 Å². The second-order valence-electron chi connectivity index (χ2n) is 6.73. The second kappa shape index (κ2) is 5.57. The quantitative estimate of drug-likeness (QED) is 0.834. The molecule has 1 heterocycles. The van der Waals surface area contributed by atoms with Gasteiger partial charge in [-0.1, -0.05) is 13.8 Å². The molecular formula is C14H28N2O2. The molecular weight excluding hydrogens is 228 g/mol. The fourth-order valence-corrected chi connectivity index (χ4v) is 2.59. The molecule has 18 heavy (non-hydrogen) atoms. The number of nitrogens with one attached hydrogen (secondary N) is 1. The summed E-state index contributed by atoms with van der Waals surface area (Å²) in [5.74, 6) is 0.215. The van der Waals surface area contributed by atoms with Crippen LogP contribution in [0.2, 0.25) is 0 Å². The first-order valence-corrected chi connectivity index (χ1v) is 6.83. The van der Waals surface area contributed by atoms with Crippen LogP contribution in [0.4, 0.5) is 0 Å². The van der Waals surface area contributed by atoms with Crippen molar-refractivity contribution in [3.8, 4) is 0 Å². The molecule has 1 amide bonds. The molecule has 4 nitrogen and oxygen atoms in total. The Morgan fingerprint density at radius 3 is 2.17 bits per heavy atom. The Hall–Kier alpha value is -0.610. The molecule has 0 radical (unpaired) electrons. The fourth-order valence-electron chi connectivity index (χ4n) is 2.59. The molecule has 1 aliphatic heterocycles. The molecule has 0 unspecified atom stereocenters. The summed E-state index contributed by atoms with van der Waals surface area (Å²) in [6, 6.07) is 0.426. The van der Waals surface area contributed by atoms with Gasteiger partial charge in [-0.25, -0.2) is 0 Å². The molecule has 0 aromatic heterocycles. The van der Waals surface area contributed by atoms with Crippen molar-refractivity contribution in [2.75, 3.05) is 19.6 Å². The van der Waals surface area contributed by atoms with Crippen LogP contribution < -0.4 is 5.32 Å². The van der Waals surface area contributed by atoms with Gasteiger partial charge in [-0.2, -0.15) is 0 Å². The lowest BCUT2D eigenvalue weighted by Crippen LogP contribution is -2.58. The second-order valence-corrected chi connectivity index (χ2v) is 6.73. The Balaban J connectivity index is 2.52. The van der Waals surface area contributed by atoms with Crippen LogP contribution in [0.1, 0.15) is 48.0 Å². The highest BCUT2D eigenvalue weighted by molar-refractivity contribution is 5.76. The third-order valence-electron chi connectivity index (χ3n) is 2.94. The van der Waals surface area contributed by atoms with Crippen molar-refractivity contribution in [3.63, 3.8) is 0 Å². The van der Waals surface area contributed by atoms with Crippen molar-refractivity contribution < 1.29 is 9.53 Å². The van der Waals surface area contributed by atoms with E-state index < -0.39 is 0 Å². The lowest BCUT2D eigenvalue weighted by molar-refractivity contribution is -0.187. The van der Waals surface area contributed by atoms with Gasteiger partial charge in [-0.3, -0.25) is 4.79 Å². The molecule has 1 N–H and O–H groups in total. The standard InChI is InChI=1S/C14H28N2O2/c1-11(2)15-8-7-12(17)16-9-13(3,4)18-14(5,6)10-16/h11,15H,7-10H2,1-6H3. The molecule has 1 fully saturated rings. The van der Waals surface area contributed by atoms with E-state index >= 15 is 0 Å². The molecule has 1 aliphatic rings. The number of morpholine rings is 1. The average molecular weight is 256 g/mol. The van der Waals surface area contributed by atoms with E-state index in [1.165, 1.54) is 0 Å². The van der Waals surface area contributed by atoms with Gasteiger partial charge in [0.25, 0.3) is 0 Å². The highest BCUT2D eigenvalue weighted by Gasteiger charge is 2.39. The summed E-state index contributed by atoms with van der Waals surface area (Å²) in [7, 11) is 0. The Bertz CT molecular complexity index is 282. The summed E-state index contributed by atoms with van der Waals surface area (Å²) in [5.41, 5.74) is -0.522. The lowest BCUT2D eigenvalue weighted by Gasteiger charge is -2.47. The first-order valence-electron chi connectivity index (χ1n) is 6.83. The smallest absolute Gasteiger partial charge is 0.224 e. The van der Waals surface area contributed by atoms with Crippen LogP contribution in [0.15, 0.2) is 0 Å². The summed E-state index contributed by atoms with van der Waals surface area (Å²) < 4.78 is 5.97. The highest BCUT2D eigenvalue weighted by atomic mass is 16.5. The number of hydrogen-bond donors (Lipinski definition) is 1. The lowest BCUT2D eigenvalue weighted by atomic mass is 9.98. The third kappa shape index (κ3) is 4.94. The summed E-state index contributed by atoms with van der Waals surface area (Å²) in [5, 5.41) is 3.28. The van der Waals surface area contributed by atoms with E-state index in [0.29, 0.717) is 25.6 Å². The van der Waals surface area contributed by atoms with Crippen molar-refractivity contribution in [3.05, 3.63) is 0 Å². The molecule has 1 saturated heterocycles. The van der Waals surface area contributed by atoms with Gasteiger partial charge < -0.3 is 15.0 Å². The molecule has 0 aromatic rings. The molecule has 0 bridgehead atoms. The third-order valence-corrected chi connectivity index (χ3v) is 2.94. The van der Waals surface area contributed by atoms with E-state index in [1.807, 2.05) is 32.6 Å². The minimum absolute atomic E-state index is 0.215. The van der Waals surface area contributed by atoms with Crippen LogP contribution >= 0.6 is 0 Å². The number of amides is 1. The highest BCUT2D eigenvalue weighted by Crippen LogP contribution is 2.28. The largest absolute Gasteiger partial charge is 0.366 e. The normalized spacial score (nSPS) is 22.3. The number of nitrogens with zero attached hydrogens (tertiary/aromatic N) is 1. The minimum Gasteiger partial charge on any atom is -0.366 e. The summed E-state index contributed by atoms with van der Waals surface area (Å²) >= 11 is 0. The zero-order valence-corrected chi connectivity index (χ0v) is 12.7. The Morgan fingerprint density at radius 2 is 1.72 bits per heavy atom. The molecule has 1 rings (SSSR count). The summed E-state index contributed by atoms with van der Waals surface area (Å²) in [4.78, 5) is 14.1. The van der Waals surface area contributed by atoms with Crippen LogP contribution in [0.3, 0.4) is 0 Å². The predicted molar refractivity (Wildman–Crippen MR) is 73.6 cm³/mol. The summed E-state index contributed by atoms with van der Waals surface area (Å²) in [6.07, 6.45) is 0.560. The molecule has 106 valence electrons. The predicted octanol–water partition coefficient (Wildman–Crippen LogP) is 1.79. The van der Waals surface area contributed by atoms with E-state index in [1.54, 1.807) is 0 Å². The zero-order chi connectivity index (χ0) is 14.0. The van der Waals surface area contributed by atoms with E-state index in [4.69, 9.17) is 4.74 Å². The summed E-state index contributed by atoms with van der Waals surface area (Å²) in [6.45, 7) is 14.4. The molecule has 0 aromatic carbocycles. The van der Waals surface area contributed by atoms with Crippen molar-refractivity contribution in [2.45, 2.75) is 65.2 Å². The van der Waals surface area contributed by atoms with Gasteiger partial charge in [0.05, 0.1) is 11.2 Å². The van der Waals surface area contributed by atoms with Gasteiger partial charge in [0.15, 0.2) is 0 Å². The minimum atomic E-state index is -0.261.